The second-order valence-electron chi connectivity index (χ2n) is 6.48. The first kappa shape index (κ1) is 18.3. The molecule has 4 rings (SSSR count). The lowest BCUT2D eigenvalue weighted by atomic mass is 10.1. The number of amides is 2. The second kappa shape index (κ2) is 7.53. The fraction of sp³-hybridized carbons (Fsp3) is 0.211. The molecule has 1 aromatic heterocycles. The van der Waals surface area contributed by atoms with Crippen LogP contribution in [-0.4, -0.2) is 34.5 Å². The largest absolute Gasteiger partial charge is 0.368 e. The summed E-state index contributed by atoms with van der Waals surface area (Å²) in [6, 6.07) is 9.06. The predicted molar refractivity (Wildman–Crippen MR) is 105 cm³/mol. The average molecular weight is 400 g/mol. The zero-order chi connectivity index (χ0) is 19.7. The standard InChI is InChI=1S/C19H17FN4O3S/c20-10-8-13(16-14(9-10)23-19(28)24-16)17(25)21-11-3-5-12(6-4-11)22-18(26)15-2-1-7-27-15/h3-6,8-9,15H,1-2,7H2,(H,21,25)(H,22,26)(H2,23,24,28). The van der Waals surface area contributed by atoms with Crippen LogP contribution in [0.15, 0.2) is 36.4 Å². The number of hydrogen-bond donors (Lipinski definition) is 4. The Labute approximate surface area is 164 Å². The molecule has 1 saturated heterocycles. The van der Waals surface area contributed by atoms with E-state index in [0.717, 1.165) is 12.5 Å². The van der Waals surface area contributed by atoms with Gasteiger partial charge in [-0.1, -0.05) is 0 Å². The van der Waals surface area contributed by atoms with Gasteiger partial charge in [-0.05, 0) is 61.5 Å². The van der Waals surface area contributed by atoms with Gasteiger partial charge in [0.15, 0.2) is 4.77 Å². The SMILES string of the molecule is O=C(Nc1ccc(NC(=O)C2CCCO2)cc1)c1cc(F)cc2[nH]c(=S)[nH]c12. The van der Waals surface area contributed by atoms with E-state index in [-0.39, 0.29) is 11.5 Å². The van der Waals surface area contributed by atoms with Gasteiger partial charge in [0, 0.05) is 18.0 Å². The molecule has 28 heavy (non-hydrogen) atoms. The van der Waals surface area contributed by atoms with E-state index >= 15 is 0 Å². The Kier molecular flexibility index (Phi) is 4.93. The monoisotopic (exact) mass is 400 g/mol. The molecule has 1 unspecified atom stereocenters. The first-order valence-electron chi connectivity index (χ1n) is 8.75. The van der Waals surface area contributed by atoms with Crippen molar-refractivity contribution in [3.63, 3.8) is 0 Å². The van der Waals surface area contributed by atoms with Crippen molar-refractivity contribution in [3.05, 3.63) is 52.5 Å². The number of aromatic nitrogens is 2. The summed E-state index contributed by atoms with van der Waals surface area (Å²) in [5, 5.41) is 5.50. The van der Waals surface area contributed by atoms with Crippen LogP contribution in [0.3, 0.4) is 0 Å². The van der Waals surface area contributed by atoms with Crippen molar-refractivity contribution in [2.45, 2.75) is 18.9 Å². The summed E-state index contributed by atoms with van der Waals surface area (Å²) in [7, 11) is 0. The van der Waals surface area contributed by atoms with Crippen molar-refractivity contribution in [1.82, 2.24) is 9.97 Å². The van der Waals surface area contributed by atoms with Gasteiger partial charge in [0.2, 0.25) is 0 Å². The van der Waals surface area contributed by atoms with Crippen LogP contribution in [0.4, 0.5) is 15.8 Å². The zero-order valence-corrected chi connectivity index (χ0v) is 15.5. The number of ether oxygens (including phenoxy) is 1. The highest BCUT2D eigenvalue weighted by Crippen LogP contribution is 2.21. The Morgan fingerprint density at radius 1 is 1.11 bits per heavy atom. The molecule has 1 aliphatic heterocycles. The summed E-state index contributed by atoms with van der Waals surface area (Å²) in [6.07, 6.45) is 1.17. The van der Waals surface area contributed by atoms with Crippen molar-refractivity contribution >= 4 is 46.4 Å². The van der Waals surface area contributed by atoms with Crippen molar-refractivity contribution in [2.75, 3.05) is 17.2 Å². The molecule has 0 spiro atoms. The molecule has 0 saturated carbocycles. The molecule has 2 heterocycles. The van der Waals surface area contributed by atoms with Gasteiger partial charge in [-0.2, -0.15) is 0 Å². The van der Waals surface area contributed by atoms with Gasteiger partial charge < -0.3 is 25.3 Å². The number of carbonyl (C=O) groups excluding carboxylic acids is 2. The van der Waals surface area contributed by atoms with Gasteiger partial charge in [-0.3, -0.25) is 9.59 Å². The predicted octanol–water partition coefficient (Wildman–Crippen LogP) is 3.73. The molecule has 0 aliphatic carbocycles. The van der Waals surface area contributed by atoms with E-state index in [1.807, 2.05) is 0 Å². The van der Waals surface area contributed by atoms with Gasteiger partial charge in [0.05, 0.1) is 16.6 Å². The first-order chi connectivity index (χ1) is 13.5. The Morgan fingerprint density at radius 3 is 2.50 bits per heavy atom. The maximum Gasteiger partial charge on any atom is 0.257 e. The van der Waals surface area contributed by atoms with Gasteiger partial charge >= 0.3 is 0 Å². The number of imidazole rings is 1. The Bertz CT molecular complexity index is 1100. The third-order valence-corrected chi connectivity index (χ3v) is 4.67. The van der Waals surface area contributed by atoms with Gasteiger partial charge in [0.1, 0.15) is 11.9 Å². The summed E-state index contributed by atoms with van der Waals surface area (Å²) in [6.45, 7) is 0.599. The molecule has 1 atom stereocenters. The molecule has 4 N–H and O–H groups in total. The van der Waals surface area contributed by atoms with Crippen molar-refractivity contribution in [1.29, 1.82) is 0 Å². The van der Waals surface area contributed by atoms with Crippen LogP contribution >= 0.6 is 12.2 Å². The van der Waals surface area contributed by atoms with E-state index < -0.39 is 17.8 Å². The summed E-state index contributed by atoms with van der Waals surface area (Å²) in [5.41, 5.74) is 2.10. The number of carbonyl (C=O) groups is 2. The minimum Gasteiger partial charge on any atom is -0.368 e. The van der Waals surface area contributed by atoms with Gasteiger partial charge in [0.25, 0.3) is 11.8 Å². The summed E-state index contributed by atoms with van der Waals surface area (Å²) >= 11 is 5.01. The van der Waals surface area contributed by atoms with Crippen LogP contribution in [-0.2, 0) is 9.53 Å². The number of halogens is 1. The van der Waals surface area contributed by atoms with Gasteiger partial charge in [-0.25, -0.2) is 4.39 Å². The highest BCUT2D eigenvalue weighted by molar-refractivity contribution is 7.71. The minimum atomic E-state index is -0.546. The number of hydrogen-bond acceptors (Lipinski definition) is 4. The second-order valence-corrected chi connectivity index (χ2v) is 6.89. The van der Waals surface area contributed by atoms with E-state index in [1.165, 1.54) is 6.07 Å². The highest BCUT2D eigenvalue weighted by atomic mass is 32.1. The summed E-state index contributed by atoms with van der Waals surface area (Å²) in [5.74, 6) is -1.21. The fourth-order valence-electron chi connectivity index (χ4n) is 3.13. The smallest absolute Gasteiger partial charge is 0.257 e. The molecule has 3 aromatic rings. The van der Waals surface area contributed by atoms with Crippen LogP contribution in [0.5, 0.6) is 0 Å². The minimum absolute atomic E-state index is 0.137. The number of fused-ring (bicyclic) bond motifs is 1. The van der Waals surface area contributed by atoms with Crippen LogP contribution in [0.25, 0.3) is 11.0 Å². The lowest BCUT2D eigenvalue weighted by Crippen LogP contribution is -2.26. The normalized spacial score (nSPS) is 16.2. The third kappa shape index (κ3) is 3.80. The molecule has 1 fully saturated rings. The number of rotatable bonds is 4. The fourth-order valence-corrected chi connectivity index (χ4v) is 3.34. The molecule has 9 heteroatoms. The molecular formula is C19H17FN4O3S. The summed E-state index contributed by atoms with van der Waals surface area (Å²) in [4.78, 5) is 30.3. The quantitative estimate of drug-likeness (QED) is 0.502. The van der Waals surface area contributed by atoms with E-state index in [1.54, 1.807) is 24.3 Å². The summed E-state index contributed by atoms with van der Waals surface area (Å²) < 4.78 is 19.5. The zero-order valence-electron chi connectivity index (χ0n) is 14.7. The lowest BCUT2D eigenvalue weighted by Gasteiger charge is -2.11. The first-order valence-corrected chi connectivity index (χ1v) is 9.16. The molecule has 2 aromatic carbocycles. The van der Waals surface area contributed by atoms with Crippen LogP contribution in [0, 0.1) is 10.6 Å². The molecule has 1 aliphatic rings. The van der Waals surface area contributed by atoms with E-state index in [2.05, 4.69) is 20.6 Å². The maximum atomic E-state index is 13.8. The lowest BCUT2D eigenvalue weighted by molar-refractivity contribution is -0.124. The maximum absolute atomic E-state index is 13.8. The van der Waals surface area contributed by atoms with E-state index in [9.17, 15) is 14.0 Å². The Morgan fingerprint density at radius 2 is 1.82 bits per heavy atom. The Hall–Kier alpha value is -3.04. The van der Waals surface area contributed by atoms with Crippen LogP contribution < -0.4 is 10.6 Å². The van der Waals surface area contributed by atoms with E-state index in [0.29, 0.717) is 40.2 Å². The third-order valence-electron chi connectivity index (χ3n) is 4.47. The van der Waals surface area contributed by atoms with Crippen LogP contribution in [0.2, 0.25) is 0 Å². The molecule has 0 bridgehead atoms. The van der Waals surface area contributed by atoms with Gasteiger partial charge in [-0.15, -0.1) is 0 Å². The highest BCUT2D eigenvalue weighted by Gasteiger charge is 2.23. The number of H-pyrrole nitrogens is 2. The van der Waals surface area contributed by atoms with Crippen molar-refractivity contribution < 1.29 is 18.7 Å². The van der Waals surface area contributed by atoms with Crippen molar-refractivity contribution in [3.8, 4) is 0 Å². The Balaban J connectivity index is 1.48. The van der Waals surface area contributed by atoms with Crippen LogP contribution in [0.1, 0.15) is 23.2 Å². The van der Waals surface area contributed by atoms with E-state index in [4.69, 9.17) is 17.0 Å². The molecule has 144 valence electrons. The average Bonchev–Trinajstić information content (AvgIpc) is 3.31. The molecule has 2 amide bonds. The number of anilines is 2. The van der Waals surface area contributed by atoms with Crippen molar-refractivity contribution in [2.24, 2.45) is 0 Å². The number of benzene rings is 2. The topological polar surface area (TPSA) is 99.0 Å². The molecule has 7 nitrogen and oxygen atoms in total. The number of aromatic amines is 2. The molecule has 0 radical (unpaired) electrons. The molecular weight excluding hydrogens is 383 g/mol. The number of nitrogens with one attached hydrogen (secondary N) is 4.